The van der Waals surface area contributed by atoms with Crippen molar-refractivity contribution in [3.8, 4) is 5.75 Å². The van der Waals surface area contributed by atoms with Crippen LogP contribution >= 0.6 is 0 Å². The molecule has 1 atom stereocenters. The highest BCUT2D eigenvalue weighted by atomic mass is 19.4. The first-order valence-corrected chi connectivity index (χ1v) is 9.59. The van der Waals surface area contributed by atoms with E-state index in [4.69, 9.17) is 4.74 Å². The van der Waals surface area contributed by atoms with Gasteiger partial charge in [0.2, 0.25) is 11.8 Å². The van der Waals surface area contributed by atoms with E-state index in [-0.39, 0.29) is 36.6 Å². The van der Waals surface area contributed by atoms with Crippen LogP contribution in [0.4, 0.5) is 13.2 Å². The Hall–Kier alpha value is -3.04. The quantitative estimate of drug-likeness (QED) is 0.715. The number of alkyl halides is 3. The molecule has 1 aliphatic rings. The Balaban J connectivity index is 1.48. The van der Waals surface area contributed by atoms with Crippen molar-refractivity contribution < 1.29 is 27.5 Å². The van der Waals surface area contributed by atoms with E-state index in [9.17, 15) is 22.8 Å². The zero-order valence-electron chi connectivity index (χ0n) is 16.5. The van der Waals surface area contributed by atoms with E-state index < -0.39 is 11.7 Å². The first-order valence-electron chi connectivity index (χ1n) is 9.59. The van der Waals surface area contributed by atoms with Crippen LogP contribution in [0.15, 0.2) is 30.3 Å². The van der Waals surface area contributed by atoms with Crippen molar-refractivity contribution in [3.05, 3.63) is 47.3 Å². The predicted octanol–water partition coefficient (Wildman–Crippen LogP) is 2.50. The molecule has 0 spiro atoms. The highest BCUT2D eigenvalue weighted by molar-refractivity contribution is 5.83. The molecule has 2 heterocycles. The second-order valence-corrected chi connectivity index (χ2v) is 7.18. The van der Waals surface area contributed by atoms with Crippen LogP contribution in [0.2, 0.25) is 0 Å². The molecule has 1 fully saturated rings. The van der Waals surface area contributed by atoms with Gasteiger partial charge in [0.25, 0.3) is 0 Å². The summed E-state index contributed by atoms with van der Waals surface area (Å²) in [5.74, 6) is -0.115. The van der Waals surface area contributed by atoms with Crippen LogP contribution in [0.1, 0.15) is 36.2 Å². The van der Waals surface area contributed by atoms with Crippen LogP contribution in [0.25, 0.3) is 0 Å². The van der Waals surface area contributed by atoms with E-state index in [0.717, 1.165) is 29.9 Å². The standard InChI is InChI=1S/C20H23F3N4O3/c1-13(28)24-11-19(29)27-7-5-14(12-27)18-10-16(25-26-18)6-8-30-17-4-2-3-15(9-17)20(21,22)23/h2-4,9-10,14H,5-8,11-12H2,1H3,(H,24,28)(H,25,26)/t14-/m1/s1. The van der Waals surface area contributed by atoms with Gasteiger partial charge in [-0.3, -0.25) is 14.7 Å². The SMILES string of the molecule is CC(=O)NCC(=O)N1CC[C@@H](c2cc(CCOc3cccc(C(F)(F)F)c3)[nH]n2)C1. The first-order chi connectivity index (χ1) is 14.2. The van der Waals surface area contributed by atoms with Crippen LogP contribution in [-0.4, -0.2) is 53.2 Å². The van der Waals surface area contributed by atoms with Crippen molar-refractivity contribution in [1.82, 2.24) is 20.4 Å². The second kappa shape index (κ2) is 9.19. The molecule has 0 bridgehead atoms. The van der Waals surface area contributed by atoms with Gasteiger partial charge in [-0.2, -0.15) is 18.3 Å². The number of benzene rings is 1. The molecule has 30 heavy (non-hydrogen) atoms. The maximum atomic E-state index is 12.7. The smallest absolute Gasteiger partial charge is 0.416 e. The molecule has 1 aromatic carbocycles. The molecule has 7 nitrogen and oxygen atoms in total. The maximum Gasteiger partial charge on any atom is 0.416 e. The van der Waals surface area contributed by atoms with Crippen LogP contribution < -0.4 is 10.1 Å². The third-order valence-corrected chi connectivity index (χ3v) is 4.90. The second-order valence-electron chi connectivity index (χ2n) is 7.18. The minimum absolute atomic E-state index is 0.0131. The van der Waals surface area contributed by atoms with Crippen LogP contribution in [-0.2, 0) is 22.2 Å². The Morgan fingerprint density at radius 2 is 2.13 bits per heavy atom. The number of ether oxygens (including phenoxy) is 1. The molecule has 2 N–H and O–H groups in total. The van der Waals surface area contributed by atoms with Gasteiger partial charge < -0.3 is 15.0 Å². The number of nitrogens with one attached hydrogen (secondary N) is 2. The number of carbonyl (C=O) groups is 2. The van der Waals surface area contributed by atoms with E-state index in [2.05, 4.69) is 15.5 Å². The third-order valence-electron chi connectivity index (χ3n) is 4.90. The number of halogens is 3. The lowest BCUT2D eigenvalue weighted by molar-refractivity contribution is -0.137. The fourth-order valence-electron chi connectivity index (χ4n) is 3.30. The Morgan fingerprint density at radius 1 is 1.33 bits per heavy atom. The summed E-state index contributed by atoms with van der Waals surface area (Å²) in [5.41, 5.74) is 0.890. The summed E-state index contributed by atoms with van der Waals surface area (Å²) in [5, 5.41) is 9.72. The number of rotatable bonds is 7. The molecule has 2 aromatic rings. The van der Waals surface area contributed by atoms with Crippen molar-refractivity contribution >= 4 is 11.8 Å². The number of aromatic amines is 1. The van der Waals surface area contributed by atoms with E-state index in [1.54, 1.807) is 4.90 Å². The lowest BCUT2D eigenvalue weighted by atomic mass is 10.0. The molecule has 1 aromatic heterocycles. The summed E-state index contributed by atoms with van der Waals surface area (Å²) in [6.45, 7) is 2.69. The maximum absolute atomic E-state index is 12.7. The summed E-state index contributed by atoms with van der Waals surface area (Å²) in [7, 11) is 0. The molecule has 162 valence electrons. The minimum Gasteiger partial charge on any atom is -0.493 e. The zero-order chi connectivity index (χ0) is 21.7. The number of likely N-dealkylation sites (tertiary alicyclic amines) is 1. The number of carbonyl (C=O) groups excluding carboxylic acids is 2. The van der Waals surface area contributed by atoms with Crippen molar-refractivity contribution in [1.29, 1.82) is 0 Å². The largest absolute Gasteiger partial charge is 0.493 e. The number of hydrogen-bond acceptors (Lipinski definition) is 4. The minimum atomic E-state index is -4.41. The number of hydrogen-bond donors (Lipinski definition) is 2. The van der Waals surface area contributed by atoms with Crippen LogP contribution in [0.3, 0.4) is 0 Å². The average molecular weight is 424 g/mol. The first kappa shape index (κ1) is 21.7. The summed E-state index contributed by atoms with van der Waals surface area (Å²) < 4.78 is 43.7. The van der Waals surface area contributed by atoms with Gasteiger partial charge in [-0.15, -0.1) is 0 Å². The van der Waals surface area contributed by atoms with Gasteiger partial charge in [-0.05, 0) is 30.7 Å². The summed E-state index contributed by atoms with van der Waals surface area (Å²) in [6.07, 6.45) is -3.17. The molecule has 0 saturated carbocycles. The van der Waals surface area contributed by atoms with Crippen molar-refractivity contribution in [2.24, 2.45) is 0 Å². The van der Waals surface area contributed by atoms with Crippen LogP contribution in [0.5, 0.6) is 5.75 Å². The fourth-order valence-corrected chi connectivity index (χ4v) is 3.30. The van der Waals surface area contributed by atoms with E-state index in [1.807, 2.05) is 6.07 Å². The number of nitrogens with zero attached hydrogens (tertiary/aromatic N) is 2. The predicted molar refractivity (Wildman–Crippen MR) is 102 cm³/mol. The lowest BCUT2D eigenvalue weighted by Crippen LogP contribution is -2.38. The highest BCUT2D eigenvalue weighted by Crippen LogP contribution is 2.31. The van der Waals surface area contributed by atoms with Crippen molar-refractivity contribution in [3.63, 3.8) is 0 Å². The molecular weight excluding hydrogens is 401 g/mol. The molecule has 10 heteroatoms. The molecule has 0 unspecified atom stereocenters. The molecule has 3 rings (SSSR count). The van der Waals surface area contributed by atoms with Gasteiger partial charge in [-0.25, -0.2) is 0 Å². The summed E-state index contributed by atoms with van der Waals surface area (Å²) in [6, 6.07) is 6.66. The third kappa shape index (κ3) is 5.74. The van der Waals surface area contributed by atoms with E-state index in [1.165, 1.54) is 19.1 Å². The lowest BCUT2D eigenvalue weighted by Gasteiger charge is -2.16. The highest BCUT2D eigenvalue weighted by Gasteiger charge is 2.31. The fraction of sp³-hybridized carbons (Fsp3) is 0.450. The number of amides is 2. The molecule has 0 radical (unpaired) electrons. The van der Waals surface area contributed by atoms with Gasteiger partial charge in [0.1, 0.15) is 5.75 Å². The van der Waals surface area contributed by atoms with Gasteiger partial charge >= 0.3 is 6.18 Å². The van der Waals surface area contributed by atoms with Gasteiger partial charge in [0.05, 0.1) is 24.4 Å². The van der Waals surface area contributed by atoms with Crippen LogP contribution in [0, 0.1) is 0 Å². The average Bonchev–Trinajstić information content (AvgIpc) is 3.35. The Kier molecular flexibility index (Phi) is 6.63. The Labute approximate surface area is 171 Å². The van der Waals surface area contributed by atoms with Crippen molar-refractivity contribution in [2.75, 3.05) is 26.2 Å². The van der Waals surface area contributed by atoms with E-state index in [0.29, 0.717) is 19.5 Å². The van der Waals surface area contributed by atoms with Gasteiger partial charge in [0.15, 0.2) is 0 Å². The molecular formula is C20H23F3N4O3. The summed E-state index contributed by atoms with van der Waals surface area (Å²) >= 11 is 0. The van der Waals surface area contributed by atoms with Gasteiger partial charge in [-0.1, -0.05) is 6.07 Å². The number of H-pyrrole nitrogens is 1. The molecule has 0 aliphatic carbocycles. The monoisotopic (exact) mass is 424 g/mol. The normalized spacial score (nSPS) is 16.5. The van der Waals surface area contributed by atoms with Gasteiger partial charge in [0, 0.05) is 38.0 Å². The molecule has 1 aliphatic heterocycles. The van der Waals surface area contributed by atoms with Crippen molar-refractivity contribution in [2.45, 2.75) is 31.9 Å². The molecule has 1 saturated heterocycles. The Morgan fingerprint density at radius 3 is 2.87 bits per heavy atom. The molecule has 2 amide bonds. The summed E-state index contributed by atoms with van der Waals surface area (Å²) in [4.78, 5) is 24.7. The zero-order valence-corrected chi connectivity index (χ0v) is 16.5. The van der Waals surface area contributed by atoms with E-state index >= 15 is 0 Å². The number of aromatic nitrogens is 2. The Bertz CT molecular complexity index is 897. The topological polar surface area (TPSA) is 87.3 Å².